The second kappa shape index (κ2) is 3.99. The quantitative estimate of drug-likeness (QED) is 0.798. The predicted molar refractivity (Wildman–Crippen MR) is 57.2 cm³/mol. The van der Waals surface area contributed by atoms with Gasteiger partial charge >= 0.3 is 6.18 Å². The molecule has 0 aliphatic heterocycles. The van der Waals surface area contributed by atoms with Crippen molar-refractivity contribution < 1.29 is 18.3 Å². The van der Waals surface area contributed by atoms with Crippen LogP contribution >= 0.6 is 0 Å². The fraction of sp³-hybridized carbons (Fsp3) is 0.500. The van der Waals surface area contributed by atoms with E-state index in [1.807, 2.05) is 0 Å². The van der Waals surface area contributed by atoms with E-state index in [0.717, 1.165) is 12.1 Å². The molecule has 0 radical (unpaired) electrons. The van der Waals surface area contributed by atoms with Crippen molar-refractivity contribution in [3.63, 3.8) is 0 Å². The third kappa shape index (κ3) is 2.45. The molecule has 0 heterocycles. The lowest BCUT2D eigenvalue weighted by Crippen LogP contribution is -2.34. The highest BCUT2D eigenvalue weighted by atomic mass is 19.4. The van der Waals surface area contributed by atoms with Crippen molar-refractivity contribution in [2.24, 2.45) is 5.73 Å². The van der Waals surface area contributed by atoms with Gasteiger partial charge in [0.25, 0.3) is 0 Å². The molecule has 0 bridgehead atoms. The first-order valence-electron chi connectivity index (χ1n) is 5.46. The van der Waals surface area contributed by atoms with Crippen LogP contribution in [-0.4, -0.2) is 11.2 Å². The molecule has 2 rings (SSSR count). The van der Waals surface area contributed by atoms with Crippen molar-refractivity contribution in [1.82, 2.24) is 0 Å². The first kappa shape index (κ1) is 12.4. The highest BCUT2D eigenvalue weighted by molar-refractivity contribution is 5.32. The molecule has 17 heavy (non-hydrogen) atoms. The average Bonchev–Trinajstić information content (AvgIpc) is 2.59. The minimum atomic E-state index is -4.36. The van der Waals surface area contributed by atoms with Crippen molar-refractivity contribution in [3.05, 3.63) is 35.4 Å². The van der Waals surface area contributed by atoms with Crippen molar-refractivity contribution in [3.8, 4) is 0 Å². The van der Waals surface area contributed by atoms with E-state index >= 15 is 0 Å². The molecule has 2 atom stereocenters. The summed E-state index contributed by atoms with van der Waals surface area (Å²) in [5.41, 5.74) is 4.98. The maximum absolute atomic E-state index is 12.6. The number of hydrogen-bond donors (Lipinski definition) is 2. The van der Waals surface area contributed by atoms with E-state index in [4.69, 9.17) is 5.73 Å². The molecule has 94 valence electrons. The highest BCUT2D eigenvalue weighted by Crippen LogP contribution is 2.38. The second-order valence-corrected chi connectivity index (χ2v) is 4.63. The van der Waals surface area contributed by atoms with E-state index in [2.05, 4.69) is 0 Å². The van der Waals surface area contributed by atoms with E-state index in [1.54, 1.807) is 6.07 Å². The fourth-order valence-corrected chi connectivity index (χ4v) is 2.32. The second-order valence-electron chi connectivity index (χ2n) is 4.63. The molecule has 1 aromatic carbocycles. The molecular weight excluding hydrogens is 231 g/mol. The van der Waals surface area contributed by atoms with Gasteiger partial charge in [-0.25, -0.2) is 0 Å². The fourth-order valence-electron chi connectivity index (χ4n) is 2.32. The number of hydrogen-bond acceptors (Lipinski definition) is 2. The molecule has 0 saturated heterocycles. The van der Waals surface area contributed by atoms with Gasteiger partial charge in [0.2, 0.25) is 0 Å². The molecular formula is C12H14F3NO. The van der Waals surface area contributed by atoms with Gasteiger partial charge in [-0.05, 0) is 37.0 Å². The van der Waals surface area contributed by atoms with Gasteiger partial charge in [0.15, 0.2) is 0 Å². The van der Waals surface area contributed by atoms with Gasteiger partial charge in [0.1, 0.15) is 0 Å². The van der Waals surface area contributed by atoms with Crippen LogP contribution in [0.1, 0.15) is 30.4 Å². The van der Waals surface area contributed by atoms with Crippen LogP contribution in [0.3, 0.4) is 0 Å². The number of aliphatic hydroxyl groups excluding tert-OH is 1. The zero-order valence-electron chi connectivity index (χ0n) is 9.17. The Morgan fingerprint density at radius 2 is 2.06 bits per heavy atom. The molecule has 1 aromatic rings. The normalized spacial score (nSPS) is 29.6. The van der Waals surface area contributed by atoms with Crippen molar-refractivity contribution >= 4 is 0 Å². The van der Waals surface area contributed by atoms with Crippen LogP contribution in [0.25, 0.3) is 0 Å². The summed E-state index contributed by atoms with van der Waals surface area (Å²) in [5.74, 6) is 0. The van der Waals surface area contributed by atoms with Gasteiger partial charge < -0.3 is 10.8 Å². The Morgan fingerprint density at radius 1 is 1.35 bits per heavy atom. The van der Waals surface area contributed by atoms with E-state index in [0.29, 0.717) is 24.8 Å². The van der Waals surface area contributed by atoms with E-state index < -0.39 is 23.4 Å². The van der Waals surface area contributed by atoms with Crippen LogP contribution in [-0.2, 0) is 11.7 Å². The molecule has 5 heteroatoms. The molecule has 0 amide bonds. The number of rotatable bonds is 1. The largest absolute Gasteiger partial charge is 0.416 e. The van der Waals surface area contributed by atoms with Crippen LogP contribution in [0, 0.1) is 0 Å². The van der Waals surface area contributed by atoms with E-state index in [9.17, 15) is 18.3 Å². The minimum absolute atomic E-state index is 0.314. The number of aliphatic hydroxyl groups is 1. The third-order valence-corrected chi connectivity index (χ3v) is 3.29. The first-order chi connectivity index (χ1) is 7.81. The molecule has 1 aliphatic carbocycles. The smallest absolute Gasteiger partial charge is 0.393 e. The van der Waals surface area contributed by atoms with Crippen LogP contribution < -0.4 is 5.73 Å². The highest BCUT2D eigenvalue weighted by Gasteiger charge is 2.38. The Hall–Kier alpha value is -1.07. The lowest BCUT2D eigenvalue weighted by atomic mass is 9.88. The summed E-state index contributed by atoms with van der Waals surface area (Å²) >= 11 is 0. The van der Waals surface area contributed by atoms with E-state index in [-0.39, 0.29) is 0 Å². The predicted octanol–water partition coefficient (Wildman–Crippen LogP) is 2.40. The Balaban J connectivity index is 2.34. The summed E-state index contributed by atoms with van der Waals surface area (Å²) in [4.78, 5) is 0. The summed E-state index contributed by atoms with van der Waals surface area (Å²) in [5, 5.41) is 9.45. The monoisotopic (exact) mass is 245 g/mol. The SMILES string of the molecule is NC1(c2cccc(C(F)(F)F)c2)CCC(O)C1. The summed E-state index contributed by atoms with van der Waals surface area (Å²) in [6.07, 6.45) is -3.52. The van der Waals surface area contributed by atoms with Crippen molar-refractivity contribution in [2.45, 2.75) is 37.1 Å². The summed E-state index contributed by atoms with van der Waals surface area (Å²) in [7, 11) is 0. The van der Waals surface area contributed by atoms with E-state index in [1.165, 1.54) is 6.07 Å². The zero-order valence-corrected chi connectivity index (χ0v) is 9.17. The lowest BCUT2D eigenvalue weighted by Gasteiger charge is -2.25. The number of nitrogens with two attached hydrogens (primary N) is 1. The molecule has 0 aromatic heterocycles. The summed E-state index contributed by atoms with van der Waals surface area (Å²) in [6, 6.07) is 5.06. The first-order valence-corrected chi connectivity index (χ1v) is 5.46. The molecule has 1 fully saturated rings. The standard InChI is InChI=1S/C12H14F3NO/c13-12(14,15)9-3-1-2-8(6-9)11(16)5-4-10(17)7-11/h1-3,6,10,17H,4-5,7,16H2. The third-order valence-electron chi connectivity index (χ3n) is 3.29. The molecule has 1 aliphatic rings. The Morgan fingerprint density at radius 3 is 2.59 bits per heavy atom. The molecule has 2 nitrogen and oxygen atoms in total. The van der Waals surface area contributed by atoms with Crippen LogP contribution in [0.15, 0.2) is 24.3 Å². The van der Waals surface area contributed by atoms with Gasteiger partial charge in [-0.3, -0.25) is 0 Å². The van der Waals surface area contributed by atoms with Gasteiger partial charge in [0, 0.05) is 5.54 Å². The van der Waals surface area contributed by atoms with Crippen LogP contribution in [0.4, 0.5) is 13.2 Å². The Kier molecular flexibility index (Phi) is 2.91. The number of alkyl halides is 3. The van der Waals surface area contributed by atoms with Crippen molar-refractivity contribution in [1.29, 1.82) is 0 Å². The van der Waals surface area contributed by atoms with Gasteiger partial charge in [0.05, 0.1) is 11.7 Å². The Bertz CT molecular complexity index is 418. The zero-order chi connectivity index (χ0) is 12.7. The van der Waals surface area contributed by atoms with Crippen molar-refractivity contribution in [2.75, 3.05) is 0 Å². The minimum Gasteiger partial charge on any atom is -0.393 e. The maximum Gasteiger partial charge on any atom is 0.416 e. The number of halogens is 3. The summed E-state index contributed by atoms with van der Waals surface area (Å²) in [6.45, 7) is 0. The Labute approximate surface area is 97.2 Å². The average molecular weight is 245 g/mol. The lowest BCUT2D eigenvalue weighted by molar-refractivity contribution is -0.137. The van der Waals surface area contributed by atoms with Gasteiger partial charge in [-0.1, -0.05) is 12.1 Å². The summed E-state index contributed by atoms with van der Waals surface area (Å²) < 4.78 is 37.7. The maximum atomic E-state index is 12.6. The molecule has 0 spiro atoms. The molecule has 1 saturated carbocycles. The van der Waals surface area contributed by atoms with Gasteiger partial charge in [-0.2, -0.15) is 13.2 Å². The molecule has 2 unspecified atom stereocenters. The number of benzene rings is 1. The molecule has 3 N–H and O–H groups in total. The van der Waals surface area contributed by atoms with Gasteiger partial charge in [-0.15, -0.1) is 0 Å². The van der Waals surface area contributed by atoms with Crippen LogP contribution in [0.2, 0.25) is 0 Å². The topological polar surface area (TPSA) is 46.2 Å². The van der Waals surface area contributed by atoms with Crippen LogP contribution in [0.5, 0.6) is 0 Å².